The SMILES string of the molecule is CCN(Cc1ccccc1)C(=O)C1(C(=O)Nc2cccc(Cl)c2)CC1. The minimum absolute atomic E-state index is 0.0987. The van der Waals surface area contributed by atoms with E-state index < -0.39 is 5.41 Å². The first-order valence-electron chi connectivity index (χ1n) is 8.45. The number of amides is 2. The standard InChI is InChI=1S/C20H21ClN2O2/c1-2-23(14-15-7-4-3-5-8-15)19(25)20(11-12-20)18(24)22-17-10-6-9-16(21)13-17/h3-10,13H,2,11-12,14H2,1H3,(H,22,24). The molecule has 5 heteroatoms. The second kappa shape index (κ2) is 7.28. The Morgan fingerprint density at radius 2 is 1.84 bits per heavy atom. The van der Waals surface area contributed by atoms with Gasteiger partial charge in [0.1, 0.15) is 5.41 Å². The van der Waals surface area contributed by atoms with E-state index >= 15 is 0 Å². The van der Waals surface area contributed by atoms with Crippen molar-refractivity contribution in [2.75, 3.05) is 11.9 Å². The van der Waals surface area contributed by atoms with E-state index in [1.165, 1.54) is 0 Å². The first kappa shape index (κ1) is 17.5. The number of nitrogens with one attached hydrogen (secondary N) is 1. The number of hydrogen-bond donors (Lipinski definition) is 1. The van der Waals surface area contributed by atoms with Crippen molar-refractivity contribution < 1.29 is 9.59 Å². The third kappa shape index (κ3) is 3.85. The summed E-state index contributed by atoms with van der Waals surface area (Å²) in [7, 11) is 0. The summed E-state index contributed by atoms with van der Waals surface area (Å²) in [5.41, 5.74) is 0.735. The van der Waals surface area contributed by atoms with E-state index in [2.05, 4.69) is 5.32 Å². The van der Waals surface area contributed by atoms with E-state index in [1.54, 1.807) is 29.2 Å². The highest BCUT2D eigenvalue weighted by molar-refractivity contribution is 6.31. The molecular formula is C20H21ClN2O2. The van der Waals surface area contributed by atoms with Crippen molar-refractivity contribution in [3.63, 3.8) is 0 Å². The van der Waals surface area contributed by atoms with Gasteiger partial charge in [0.25, 0.3) is 0 Å². The van der Waals surface area contributed by atoms with Crippen molar-refractivity contribution >= 4 is 29.1 Å². The number of nitrogens with zero attached hydrogens (tertiary/aromatic N) is 1. The van der Waals surface area contributed by atoms with E-state index in [0.29, 0.717) is 36.6 Å². The molecule has 0 bridgehead atoms. The molecule has 0 aromatic heterocycles. The summed E-state index contributed by atoms with van der Waals surface area (Å²) in [5, 5.41) is 3.39. The van der Waals surface area contributed by atoms with Gasteiger partial charge in [-0.1, -0.05) is 48.0 Å². The van der Waals surface area contributed by atoms with Crippen LogP contribution in [0.5, 0.6) is 0 Å². The van der Waals surface area contributed by atoms with Crippen LogP contribution in [-0.2, 0) is 16.1 Å². The van der Waals surface area contributed by atoms with Crippen LogP contribution in [0.4, 0.5) is 5.69 Å². The molecule has 2 amide bonds. The number of rotatable bonds is 6. The molecule has 1 saturated carbocycles. The molecular weight excluding hydrogens is 336 g/mol. The van der Waals surface area contributed by atoms with Crippen LogP contribution < -0.4 is 5.32 Å². The maximum absolute atomic E-state index is 13.0. The van der Waals surface area contributed by atoms with Gasteiger partial charge < -0.3 is 10.2 Å². The second-order valence-corrected chi connectivity index (χ2v) is 6.79. The topological polar surface area (TPSA) is 49.4 Å². The summed E-state index contributed by atoms with van der Waals surface area (Å²) in [4.78, 5) is 27.5. The van der Waals surface area contributed by atoms with Gasteiger partial charge in [0.15, 0.2) is 0 Å². The lowest BCUT2D eigenvalue weighted by molar-refractivity contribution is -0.142. The number of benzene rings is 2. The predicted octanol–water partition coefficient (Wildman–Crippen LogP) is 4.11. The predicted molar refractivity (Wildman–Crippen MR) is 99.3 cm³/mol. The summed E-state index contributed by atoms with van der Waals surface area (Å²) < 4.78 is 0. The molecule has 2 aromatic rings. The van der Waals surface area contributed by atoms with Gasteiger partial charge in [0, 0.05) is 23.8 Å². The Kier molecular flexibility index (Phi) is 5.09. The minimum Gasteiger partial charge on any atom is -0.338 e. The monoisotopic (exact) mass is 356 g/mol. The van der Waals surface area contributed by atoms with Crippen LogP contribution >= 0.6 is 11.6 Å². The second-order valence-electron chi connectivity index (χ2n) is 6.35. The van der Waals surface area contributed by atoms with Crippen LogP contribution in [0.1, 0.15) is 25.3 Å². The number of carbonyl (C=O) groups excluding carboxylic acids is 2. The van der Waals surface area contributed by atoms with Gasteiger partial charge in [-0.2, -0.15) is 0 Å². The Balaban J connectivity index is 1.72. The Morgan fingerprint density at radius 3 is 2.44 bits per heavy atom. The number of halogens is 1. The van der Waals surface area contributed by atoms with Crippen LogP contribution in [0.2, 0.25) is 5.02 Å². The molecule has 1 N–H and O–H groups in total. The first-order valence-corrected chi connectivity index (χ1v) is 8.83. The van der Waals surface area contributed by atoms with Crippen LogP contribution in [0, 0.1) is 5.41 Å². The molecule has 0 heterocycles. The molecule has 0 atom stereocenters. The highest BCUT2D eigenvalue weighted by Gasteiger charge is 2.57. The summed E-state index contributed by atoms with van der Waals surface area (Å²) >= 11 is 5.96. The first-order chi connectivity index (χ1) is 12.0. The normalized spacial score (nSPS) is 14.6. The molecule has 130 valence electrons. The van der Waals surface area contributed by atoms with Gasteiger partial charge in [-0.3, -0.25) is 9.59 Å². The number of hydrogen-bond acceptors (Lipinski definition) is 2. The summed E-state index contributed by atoms with van der Waals surface area (Å²) in [5.74, 6) is -0.343. The Bertz CT molecular complexity index is 772. The quantitative estimate of drug-likeness (QED) is 0.792. The smallest absolute Gasteiger partial charge is 0.240 e. The maximum atomic E-state index is 13.0. The number of carbonyl (C=O) groups is 2. The lowest BCUT2D eigenvalue weighted by Crippen LogP contribution is -2.42. The summed E-state index contributed by atoms with van der Waals surface area (Å²) in [6.07, 6.45) is 1.17. The molecule has 2 aromatic carbocycles. The van der Waals surface area contributed by atoms with Crippen LogP contribution in [0.15, 0.2) is 54.6 Å². The highest BCUT2D eigenvalue weighted by atomic mass is 35.5. The third-order valence-electron chi connectivity index (χ3n) is 4.56. The fourth-order valence-corrected chi connectivity index (χ4v) is 3.10. The molecule has 0 saturated heterocycles. The van der Waals surface area contributed by atoms with Crippen molar-refractivity contribution in [3.8, 4) is 0 Å². The summed E-state index contributed by atoms with van der Waals surface area (Å²) in [6, 6.07) is 16.8. The third-order valence-corrected chi connectivity index (χ3v) is 4.80. The van der Waals surface area contributed by atoms with Crippen LogP contribution in [0.25, 0.3) is 0 Å². The minimum atomic E-state index is -0.937. The van der Waals surface area contributed by atoms with Crippen LogP contribution in [-0.4, -0.2) is 23.3 Å². The molecule has 4 nitrogen and oxygen atoms in total. The molecule has 1 fully saturated rings. The maximum Gasteiger partial charge on any atom is 0.240 e. The average Bonchev–Trinajstić information content (AvgIpc) is 3.42. The van der Waals surface area contributed by atoms with E-state index in [-0.39, 0.29) is 11.8 Å². The largest absolute Gasteiger partial charge is 0.338 e. The lowest BCUT2D eigenvalue weighted by atomic mass is 10.0. The van der Waals surface area contributed by atoms with E-state index in [4.69, 9.17) is 11.6 Å². The average molecular weight is 357 g/mol. The number of anilines is 1. The highest BCUT2D eigenvalue weighted by Crippen LogP contribution is 2.48. The van der Waals surface area contributed by atoms with Gasteiger partial charge in [-0.15, -0.1) is 0 Å². The van der Waals surface area contributed by atoms with Crippen molar-refractivity contribution in [2.24, 2.45) is 5.41 Å². The molecule has 0 spiro atoms. The molecule has 25 heavy (non-hydrogen) atoms. The van der Waals surface area contributed by atoms with Gasteiger partial charge in [-0.25, -0.2) is 0 Å². The van der Waals surface area contributed by atoms with Crippen molar-refractivity contribution in [3.05, 3.63) is 65.2 Å². The molecule has 0 radical (unpaired) electrons. The van der Waals surface area contributed by atoms with Crippen molar-refractivity contribution in [1.82, 2.24) is 4.90 Å². The van der Waals surface area contributed by atoms with Crippen molar-refractivity contribution in [1.29, 1.82) is 0 Å². The van der Waals surface area contributed by atoms with E-state index in [1.807, 2.05) is 37.3 Å². The van der Waals surface area contributed by atoms with Gasteiger partial charge in [0.05, 0.1) is 0 Å². The van der Waals surface area contributed by atoms with Crippen molar-refractivity contribution in [2.45, 2.75) is 26.3 Å². The van der Waals surface area contributed by atoms with Gasteiger partial charge >= 0.3 is 0 Å². The fourth-order valence-electron chi connectivity index (χ4n) is 2.91. The molecule has 3 rings (SSSR count). The Morgan fingerprint density at radius 1 is 1.12 bits per heavy atom. The fraction of sp³-hybridized carbons (Fsp3) is 0.300. The van der Waals surface area contributed by atoms with Gasteiger partial charge in [-0.05, 0) is 43.5 Å². The Labute approximate surface area is 152 Å². The van der Waals surface area contributed by atoms with E-state index in [9.17, 15) is 9.59 Å². The van der Waals surface area contributed by atoms with Crippen LogP contribution in [0.3, 0.4) is 0 Å². The molecule has 1 aliphatic rings. The lowest BCUT2D eigenvalue weighted by Gasteiger charge is -2.26. The molecule has 1 aliphatic carbocycles. The van der Waals surface area contributed by atoms with Gasteiger partial charge in [0.2, 0.25) is 11.8 Å². The zero-order valence-electron chi connectivity index (χ0n) is 14.2. The van der Waals surface area contributed by atoms with E-state index in [0.717, 1.165) is 5.56 Å². The zero-order valence-corrected chi connectivity index (χ0v) is 14.9. The molecule has 0 unspecified atom stereocenters. The summed E-state index contributed by atoms with van der Waals surface area (Å²) in [6.45, 7) is 3.02. The molecule has 0 aliphatic heterocycles. The zero-order chi connectivity index (χ0) is 17.9. The Hall–Kier alpha value is -2.33.